The predicted molar refractivity (Wildman–Crippen MR) is 85.8 cm³/mol. The van der Waals surface area contributed by atoms with Crippen LogP contribution in [0.25, 0.3) is 0 Å². The van der Waals surface area contributed by atoms with Crippen molar-refractivity contribution >= 4 is 17.1 Å². The van der Waals surface area contributed by atoms with E-state index in [1.807, 2.05) is 25.1 Å². The van der Waals surface area contributed by atoms with E-state index in [2.05, 4.69) is 43.4 Å². The van der Waals surface area contributed by atoms with Gasteiger partial charge in [0.1, 0.15) is 5.75 Å². The summed E-state index contributed by atoms with van der Waals surface area (Å²) >= 11 is 0. The quantitative estimate of drug-likeness (QED) is 0.784. The van der Waals surface area contributed by atoms with Crippen molar-refractivity contribution in [1.29, 1.82) is 0 Å². The van der Waals surface area contributed by atoms with E-state index in [1.165, 1.54) is 5.56 Å². The topological polar surface area (TPSA) is 47.3 Å². The standard InChI is InChI=1S/C17H22N2O/c1-4-20-16-7-5-6-15(17(16)18)19-14-10-8-13(9-11-14)12(2)3/h5-12,19H,4,18H2,1-3H3. The minimum absolute atomic E-state index is 0.537. The number of rotatable bonds is 5. The summed E-state index contributed by atoms with van der Waals surface area (Å²) in [5.74, 6) is 1.26. The Labute approximate surface area is 120 Å². The summed E-state index contributed by atoms with van der Waals surface area (Å²) in [7, 11) is 0. The van der Waals surface area contributed by atoms with Gasteiger partial charge in [0.25, 0.3) is 0 Å². The zero-order chi connectivity index (χ0) is 14.5. The molecule has 0 saturated carbocycles. The van der Waals surface area contributed by atoms with Gasteiger partial charge in [0.05, 0.1) is 18.0 Å². The van der Waals surface area contributed by atoms with Crippen molar-refractivity contribution in [3.8, 4) is 5.75 Å². The fourth-order valence-electron chi connectivity index (χ4n) is 2.04. The van der Waals surface area contributed by atoms with E-state index in [-0.39, 0.29) is 0 Å². The molecule has 2 rings (SSSR count). The number of nitrogens with two attached hydrogens (primary N) is 1. The van der Waals surface area contributed by atoms with Crippen LogP contribution < -0.4 is 15.8 Å². The first kappa shape index (κ1) is 14.3. The average Bonchev–Trinajstić information content (AvgIpc) is 2.44. The molecule has 0 aliphatic heterocycles. The second-order valence-corrected chi connectivity index (χ2v) is 5.05. The molecule has 0 amide bonds. The molecule has 0 saturated heterocycles. The van der Waals surface area contributed by atoms with Crippen LogP contribution in [0.1, 0.15) is 32.3 Å². The van der Waals surface area contributed by atoms with Gasteiger partial charge in [0, 0.05) is 5.69 Å². The van der Waals surface area contributed by atoms with Crippen LogP contribution in [-0.4, -0.2) is 6.61 Å². The number of ether oxygens (including phenoxy) is 1. The molecule has 3 N–H and O–H groups in total. The van der Waals surface area contributed by atoms with Crippen molar-refractivity contribution in [3.63, 3.8) is 0 Å². The maximum atomic E-state index is 6.11. The van der Waals surface area contributed by atoms with Gasteiger partial charge in [0.2, 0.25) is 0 Å². The Morgan fingerprint density at radius 1 is 1.10 bits per heavy atom. The summed E-state index contributed by atoms with van der Waals surface area (Å²) in [6, 6.07) is 14.2. The van der Waals surface area contributed by atoms with Crippen molar-refractivity contribution in [1.82, 2.24) is 0 Å². The maximum Gasteiger partial charge on any atom is 0.144 e. The maximum absolute atomic E-state index is 6.11. The lowest BCUT2D eigenvalue weighted by Gasteiger charge is -2.14. The number of nitrogens with one attached hydrogen (secondary N) is 1. The molecule has 0 spiro atoms. The second-order valence-electron chi connectivity index (χ2n) is 5.05. The van der Waals surface area contributed by atoms with Crippen molar-refractivity contribution in [3.05, 3.63) is 48.0 Å². The molecule has 20 heavy (non-hydrogen) atoms. The third-order valence-electron chi connectivity index (χ3n) is 3.22. The number of benzene rings is 2. The highest BCUT2D eigenvalue weighted by molar-refractivity contribution is 5.77. The third kappa shape index (κ3) is 3.23. The van der Waals surface area contributed by atoms with E-state index >= 15 is 0 Å². The molecule has 0 radical (unpaired) electrons. The molecule has 0 atom stereocenters. The van der Waals surface area contributed by atoms with E-state index in [9.17, 15) is 0 Å². The van der Waals surface area contributed by atoms with E-state index in [0.717, 1.165) is 17.1 Å². The summed E-state index contributed by atoms with van der Waals surface area (Å²) < 4.78 is 5.50. The van der Waals surface area contributed by atoms with E-state index in [1.54, 1.807) is 0 Å². The van der Waals surface area contributed by atoms with E-state index < -0.39 is 0 Å². The molecule has 0 aromatic heterocycles. The van der Waals surface area contributed by atoms with Crippen LogP contribution in [-0.2, 0) is 0 Å². The fraction of sp³-hybridized carbons (Fsp3) is 0.294. The van der Waals surface area contributed by atoms with Gasteiger partial charge in [-0.1, -0.05) is 32.0 Å². The molecule has 0 fully saturated rings. The molecular formula is C17H22N2O. The van der Waals surface area contributed by atoms with Gasteiger partial charge in [-0.25, -0.2) is 0 Å². The second kappa shape index (κ2) is 6.33. The largest absolute Gasteiger partial charge is 0.492 e. The highest BCUT2D eigenvalue weighted by Crippen LogP contribution is 2.31. The van der Waals surface area contributed by atoms with Crippen LogP contribution in [0.15, 0.2) is 42.5 Å². The predicted octanol–water partition coefficient (Wildman–Crippen LogP) is 4.53. The van der Waals surface area contributed by atoms with Gasteiger partial charge in [-0.2, -0.15) is 0 Å². The van der Waals surface area contributed by atoms with Gasteiger partial charge < -0.3 is 15.8 Å². The first-order chi connectivity index (χ1) is 9.61. The van der Waals surface area contributed by atoms with Crippen LogP contribution in [0, 0.1) is 0 Å². The van der Waals surface area contributed by atoms with Crippen molar-refractivity contribution < 1.29 is 4.74 Å². The van der Waals surface area contributed by atoms with Gasteiger partial charge in [-0.15, -0.1) is 0 Å². The van der Waals surface area contributed by atoms with Crippen LogP contribution >= 0.6 is 0 Å². The molecule has 3 nitrogen and oxygen atoms in total. The first-order valence-electron chi connectivity index (χ1n) is 7.00. The lowest BCUT2D eigenvalue weighted by Crippen LogP contribution is -2.01. The first-order valence-corrected chi connectivity index (χ1v) is 7.00. The molecular weight excluding hydrogens is 248 g/mol. The summed E-state index contributed by atoms with van der Waals surface area (Å²) in [6.07, 6.45) is 0. The zero-order valence-electron chi connectivity index (χ0n) is 12.3. The Kier molecular flexibility index (Phi) is 4.51. The Balaban J connectivity index is 2.19. The number of nitrogen functional groups attached to an aromatic ring is 1. The summed E-state index contributed by atoms with van der Waals surface area (Å²) in [5, 5.41) is 3.33. The van der Waals surface area contributed by atoms with E-state index in [0.29, 0.717) is 18.2 Å². The molecule has 3 heteroatoms. The van der Waals surface area contributed by atoms with Gasteiger partial charge in [0.15, 0.2) is 0 Å². The molecule has 0 heterocycles. The smallest absolute Gasteiger partial charge is 0.144 e. The number of hydrogen-bond donors (Lipinski definition) is 2. The minimum Gasteiger partial charge on any atom is -0.492 e. The Morgan fingerprint density at radius 2 is 1.80 bits per heavy atom. The van der Waals surface area contributed by atoms with Crippen molar-refractivity contribution in [2.24, 2.45) is 0 Å². The average molecular weight is 270 g/mol. The van der Waals surface area contributed by atoms with Crippen LogP contribution in [0.4, 0.5) is 17.1 Å². The summed E-state index contributed by atoms with van der Waals surface area (Å²) in [6.45, 7) is 6.93. The Bertz CT molecular complexity index is 562. The highest BCUT2D eigenvalue weighted by Gasteiger charge is 2.06. The fourth-order valence-corrected chi connectivity index (χ4v) is 2.04. The zero-order valence-corrected chi connectivity index (χ0v) is 12.3. The molecule has 0 bridgehead atoms. The van der Waals surface area contributed by atoms with Crippen LogP contribution in [0.5, 0.6) is 5.75 Å². The Morgan fingerprint density at radius 3 is 2.40 bits per heavy atom. The third-order valence-corrected chi connectivity index (χ3v) is 3.22. The Hall–Kier alpha value is -2.16. The molecule has 2 aromatic rings. The lowest BCUT2D eigenvalue weighted by molar-refractivity contribution is 0.342. The number of para-hydroxylation sites is 1. The van der Waals surface area contributed by atoms with Crippen molar-refractivity contribution in [2.75, 3.05) is 17.7 Å². The lowest BCUT2D eigenvalue weighted by atomic mass is 10.0. The molecule has 106 valence electrons. The van der Waals surface area contributed by atoms with E-state index in [4.69, 9.17) is 10.5 Å². The monoisotopic (exact) mass is 270 g/mol. The van der Waals surface area contributed by atoms with Crippen LogP contribution in [0.3, 0.4) is 0 Å². The van der Waals surface area contributed by atoms with Gasteiger partial charge >= 0.3 is 0 Å². The number of anilines is 3. The molecule has 0 aliphatic carbocycles. The highest BCUT2D eigenvalue weighted by atomic mass is 16.5. The minimum atomic E-state index is 0.537. The SMILES string of the molecule is CCOc1cccc(Nc2ccc(C(C)C)cc2)c1N. The number of hydrogen-bond acceptors (Lipinski definition) is 3. The summed E-state index contributed by atoms with van der Waals surface area (Å²) in [4.78, 5) is 0. The molecule has 0 aliphatic rings. The van der Waals surface area contributed by atoms with Crippen LogP contribution in [0.2, 0.25) is 0 Å². The van der Waals surface area contributed by atoms with Gasteiger partial charge in [-0.05, 0) is 42.7 Å². The van der Waals surface area contributed by atoms with Crippen molar-refractivity contribution in [2.45, 2.75) is 26.7 Å². The normalized spacial score (nSPS) is 10.6. The molecule has 0 unspecified atom stereocenters. The molecule has 2 aromatic carbocycles. The van der Waals surface area contributed by atoms with Gasteiger partial charge in [-0.3, -0.25) is 0 Å². The summed E-state index contributed by atoms with van der Waals surface area (Å²) in [5.41, 5.74) is 9.97.